The van der Waals surface area contributed by atoms with Crippen molar-refractivity contribution < 1.29 is 9.53 Å². The molecule has 1 heterocycles. The van der Waals surface area contributed by atoms with Crippen molar-refractivity contribution in [3.63, 3.8) is 0 Å². The molecule has 2 N–H and O–H groups in total. The molecule has 1 aromatic heterocycles. The van der Waals surface area contributed by atoms with Crippen LogP contribution in [-0.2, 0) is 4.74 Å². The smallest absolute Gasteiger partial charge is 0.254 e. The van der Waals surface area contributed by atoms with Crippen LogP contribution < -0.4 is 10.6 Å². The molecule has 0 aromatic carbocycles. The van der Waals surface area contributed by atoms with Crippen molar-refractivity contribution >= 4 is 11.6 Å². The lowest BCUT2D eigenvalue weighted by atomic mass is 10.2. The number of aromatic nitrogens is 1. The summed E-state index contributed by atoms with van der Waals surface area (Å²) in [4.78, 5) is 18.2. The van der Waals surface area contributed by atoms with E-state index in [1.165, 1.54) is 0 Å². The third kappa shape index (κ3) is 5.54. The van der Waals surface area contributed by atoms with E-state index in [1.807, 2.05) is 20.0 Å². The molecule has 0 aliphatic rings. The van der Waals surface area contributed by atoms with Gasteiger partial charge in [-0.25, -0.2) is 0 Å². The maximum absolute atomic E-state index is 12.1. The molecule has 6 heteroatoms. The first-order valence-electron chi connectivity index (χ1n) is 6.82. The van der Waals surface area contributed by atoms with Crippen LogP contribution in [0, 0.1) is 0 Å². The Hall–Kier alpha value is -1.66. The summed E-state index contributed by atoms with van der Waals surface area (Å²) in [5.74, 6) is -0.103. The van der Waals surface area contributed by atoms with Crippen molar-refractivity contribution in [2.24, 2.45) is 0 Å². The Morgan fingerprint density at radius 2 is 2.25 bits per heavy atom. The Kier molecular flexibility index (Phi) is 7.60. The number of likely N-dealkylation sites (N-methyl/N-ethyl adjacent to an activating group) is 1. The van der Waals surface area contributed by atoms with Crippen LogP contribution in [0.15, 0.2) is 18.5 Å². The van der Waals surface area contributed by atoms with Gasteiger partial charge in [-0.1, -0.05) is 0 Å². The summed E-state index contributed by atoms with van der Waals surface area (Å²) in [6, 6.07) is 1.81. The van der Waals surface area contributed by atoms with E-state index >= 15 is 0 Å². The Bertz CT molecular complexity index is 412. The summed E-state index contributed by atoms with van der Waals surface area (Å²) < 4.78 is 5.01. The maximum Gasteiger partial charge on any atom is 0.254 e. The third-order valence-corrected chi connectivity index (χ3v) is 2.89. The number of nitrogens with zero attached hydrogens (tertiary/aromatic N) is 2. The van der Waals surface area contributed by atoms with Gasteiger partial charge in [0.1, 0.15) is 0 Å². The van der Waals surface area contributed by atoms with Gasteiger partial charge in [-0.15, -0.1) is 0 Å². The minimum atomic E-state index is -0.103. The van der Waals surface area contributed by atoms with Crippen LogP contribution in [-0.4, -0.2) is 62.7 Å². The van der Waals surface area contributed by atoms with Crippen LogP contribution in [0.1, 0.15) is 17.3 Å². The van der Waals surface area contributed by atoms with Gasteiger partial charge in [0.2, 0.25) is 0 Å². The lowest BCUT2D eigenvalue weighted by Gasteiger charge is -2.16. The second kappa shape index (κ2) is 9.28. The number of amides is 1. The molecule has 0 aliphatic carbocycles. The molecule has 0 unspecified atom stereocenters. The standard InChI is InChI=1S/C14H24N4O2/c1-4-16-13-5-6-15-11-12(13)14(19)17-7-8-18(2)9-10-20-3/h5-6,11H,4,7-10H2,1-3H3,(H,15,16)(H,17,19). The number of nitrogens with one attached hydrogen (secondary N) is 2. The quantitative estimate of drug-likeness (QED) is 0.701. The van der Waals surface area contributed by atoms with Gasteiger partial charge in [-0.2, -0.15) is 0 Å². The molecule has 0 atom stereocenters. The van der Waals surface area contributed by atoms with Gasteiger partial charge >= 0.3 is 0 Å². The molecule has 6 nitrogen and oxygen atoms in total. The predicted octanol–water partition coefficient (Wildman–Crippen LogP) is 0.821. The monoisotopic (exact) mass is 280 g/mol. The summed E-state index contributed by atoms with van der Waals surface area (Å²) in [6.07, 6.45) is 3.26. The van der Waals surface area contributed by atoms with Gasteiger partial charge in [-0.05, 0) is 20.0 Å². The van der Waals surface area contributed by atoms with Gasteiger partial charge in [0, 0.05) is 45.7 Å². The molecule has 0 spiro atoms. The van der Waals surface area contributed by atoms with Gasteiger partial charge in [0.05, 0.1) is 17.9 Å². The molecule has 0 saturated carbocycles. The highest BCUT2D eigenvalue weighted by atomic mass is 16.5. The van der Waals surface area contributed by atoms with Crippen molar-refractivity contribution in [1.29, 1.82) is 0 Å². The van der Waals surface area contributed by atoms with Crippen LogP contribution in [0.25, 0.3) is 0 Å². The summed E-state index contributed by atoms with van der Waals surface area (Å²) in [5, 5.41) is 6.06. The van der Waals surface area contributed by atoms with E-state index in [2.05, 4.69) is 20.5 Å². The normalized spacial score (nSPS) is 10.6. The molecule has 0 bridgehead atoms. The molecular weight excluding hydrogens is 256 g/mol. The Labute approximate surface area is 120 Å². The minimum Gasteiger partial charge on any atom is -0.385 e. The molecule has 112 valence electrons. The van der Waals surface area contributed by atoms with Crippen molar-refractivity contribution in [1.82, 2.24) is 15.2 Å². The molecule has 0 radical (unpaired) electrons. The molecule has 1 amide bonds. The highest BCUT2D eigenvalue weighted by Gasteiger charge is 2.10. The van der Waals surface area contributed by atoms with Crippen LogP contribution in [0.4, 0.5) is 5.69 Å². The van der Waals surface area contributed by atoms with E-state index in [1.54, 1.807) is 19.5 Å². The van der Waals surface area contributed by atoms with Crippen molar-refractivity contribution in [2.75, 3.05) is 52.3 Å². The topological polar surface area (TPSA) is 66.5 Å². The first kappa shape index (κ1) is 16.4. The fourth-order valence-electron chi connectivity index (χ4n) is 1.73. The molecular formula is C14H24N4O2. The second-order valence-electron chi connectivity index (χ2n) is 4.50. The van der Waals surface area contributed by atoms with Crippen LogP contribution in [0.5, 0.6) is 0 Å². The van der Waals surface area contributed by atoms with E-state index < -0.39 is 0 Å². The summed E-state index contributed by atoms with van der Waals surface area (Å²) in [6.45, 7) is 5.68. The number of carbonyl (C=O) groups excluding carboxylic acids is 1. The Balaban J connectivity index is 2.43. The van der Waals surface area contributed by atoms with Gasteiger partial charge in [0.25, 0.3) is 5.91 Å². The zero-order valence-electron chi connectivity index (χ0n) is 12.5. The SMILES string of the molecule is CCNc1ccncc1C(=O)NCCN(C)CCOC. The highest BCUT2D eigenvalue weighted by Crippen LogP contribution is 2.12. The number of carbonyl (C=O) groups is 1. The maximum atomic E-state index is 12.1. The number of ether oxygens (including phenoxy) is 1. The zero-order chi connectivity index (χ0) is 14.8. The fourth-order valence-corrected chi connectivity index (χ4v) is 1.73. The van der Waals surface area contributed by atoms with Gasteiger partial charge in [-0.3, -0.25) is 9.78 Å². The number of methoxy groups -OCH3 is 1. The molecule has 0 saturated heterocycles. The number of anilines is 1. The zero-order valence-corrected chi connectivity index (χ0v) is 12.5. The summed E-state index contributed by atoms with van der Waals surface area (Å²) >= 11 is 0. The van der Waals surface area contributed by atoms with Crippen molar-refractivity contribution in [3.8, 4) is 0 Å². The summed E-state index contributed by atoms with van der Waals surface area (Å²) in [7, 11) is 3.68. The van der Waals surface area contributed by atoms with E-state index in [-0.39, 0.29) is 5.91 Å². The Morgan fingerprint density at radius 1 is 1.45 bits per heavy atom. The lowest BCUT2D eigenvalue weighted by molar-refractivity contribution is 0.0948. The number of hydrogen-bond donors (Lipinski definition) is 2. The molecule has 20 heavy (non-hydrogen) atoms. The van der Waals surface area contributed by atoms with Crippen molar-refractivity contribution in [2.45, 2.75) is 6.92 Å². The van der Waals surface area contributed by atoms with Gasteiger partial charge < -0.3 is 20.3 Å². The largest absolute Gasteiger partial charge is 0.385 e. The Morgan fingerprint density at radius 3 is 2.95 bits per heavy atom. The second-order valence-corrected chi connectivity index (χ2v) is 4.50. The average Bonchev–Trinajstić information content (AvgIpc) is 2.46. The van der Waals surface area contributed by atoms with E-state index in [0.29, 0.717) is 18.7 Å². The minimum absolute atomic E-state index is 0.103. The van der Waals surface area contributed by atoms with E-state index in [4.69, 9.17) is 4.74 Å². The van der Waals surface area contributed by atoms with E-state index in [9.17, 15) is 4.79 Å². The number of rotatable bonds is 9. The fraction of sp³-hybridized carbons (Fsp3) is 0.571. The van der Waals surface area contributed by atoms with E-state index in [0.717, 1.165) is 25.3 Å². The highest BCUT2D eigenvalue weighted by molar-refractivity contribution is 5.99. The van der Waals surface area contributed by atoms with Gasteiger partial charge in [0.15, 0.2) is 0 Å². The van der Waals surface area contributed by atoms with Crippen molar-refractivity contribution in [3.05, 3.63) is 24.0 Å². The van der Waals surface area contributed by atoms with Crippen LogP contribution in [0.3, 0.4) is 0 Å². The predicted molar refractivity (Wildman–Crippen MR) is 80.1 cm³/mol. The van der Waals surface area contributed by atoms with Crippen LogP contribution >= 0.6 is 0 Å². The number of pyridine rings is 1. The average molecular weight is 280 g/mol. The number of hydrogen-bond acceptors (Lipinski definition) is 5. The molecule has 1 aromatic rings. The third-order valence-electron chi connectivity index (χ3n) is 2.89. The first-order valence-corrected chi connectivity index (χ1v) is 6.82. The first-order chi connectivity index (χ1) is 9.69. The molecule has 0 aliphatic heterocycles. The molecule has 0 fully saturated rings. The molecule has 1 rings (SSSR count). The summed E-state index contributed by atoms with van der Waals surface area (Å²) in [5.41, 5.74) is 1.39. The lowest BCUT2D eigenvalue weighted by Crippen LogP contribution is -2.34. The van der Waals surface area contributed by atoms with Crippen LogP contribution in [0.2, 0.25) is 0 Å².